The van der Waals surface area contributed by atoms with Gasteiger partial charge in [-0.2, -0.15) is 0 Å². The molecule has 0 spiro atoms. The number of nitrogens with zero attached hydrogens (tertiary/aromatic N) is 1. The van der Waals surface area contributed by atoms with Crippen LogP contribution in [0, 0.1) is 11.7 Å². The van der Waals surface area contributed by atoms with Crippen molar-refractivity contribution in [2.45, 2.75) is 56.5 Å². The summed E-state index contributed by atoms with van der Waals surface area (Å²) in [7, 11) is 1.53. The lowest BCUT2D eigenvalue weighted by molar-refractivity contribution is -0.126. The second-order valence-electron chi connectivity index (χ2n) is 10.7. The van der Waals surface area contributed by atoms with Crippen molar-refractivity contribution in [3.05, 3.63) is 89.2 Å². The molecule has 0 radical (unpaired) electrons. The number of ether oxygens (including phenoxy) is 2. The highest BCUT2D eigenvalue weighted by Crippen LogP contribution is 2.45. The molecule has 6 heteroatoms. The Balaban J connectivity index is 1.13. The van der Waals surface area contributed by atoms with Gasteiger partial charge >= 0.3 is 6.09 Å². The Kier molecular flexibility index (Phi) is 6.64. The van der Waals surface area contributed by atoms with Crippen LogP contribution in [0.1, 0.15) is 54.7 Å². The molecular weight excluding hydrogens is 481 g/mol. The number of amides is 1. The van der Waals surface area contributed by atoms with Crippen LogP contribution in [-0.4, -0.2) is 42.6 Å². The van der Waals surface area contributed by atoms with Crippen LogP contribution in [-0.2, 0) is 16.0 Å². The average Bonchev–Trinajstić information content (AvgIpc) is 3.24. The molecule has 2 unspecified atom stereocenters. The monoisotopic (exact) mass is 513 g/mol. The van der Waals surface area contributed by atoms with Crippen molar-refractivity contribution >= 4 is 11.9 Å². The van der Waals surface area contributed by atoms with Crippen molar-refractivity contribution in [1.29, 1.82) is 0 Å². The molecule has 2 bridgehead atoms. The van der Waals surface area contributed by atoms with Gasteiger partial charge in [0.2, 0.25) is 0 Å². The van der Waals surface area contributed by atoms with Crippen LogP contribution in [0.15, 0.2) is 66.7 Å². The van der Waals surface area contributed by atoms with Crippen LogP contribution in [0.2, 0.25) is 0 Å². The molecule has 2 aliphatic heterocycles. The van der Waals surface area contributed by atoms with Crippen molar-refractivity contribution in [3.8, 4) is 16.9 Å². The van der Waals surface area contributed by atoms with Crippen LogP contribution in [0.3, 0.4) is 0 Å². The topological polar surface area (TPSA) is 55.8 Å². The molecule has 196 valence electrons. The van der Waals surface area contributed by atoms with Crippen molar-refractivity contribution in [3.63, 3.8) is 0 Å². The van der Waals surface area contributed by atoms with Gasteiger partial charge in [0, 0.05) is 35.9 Å². The Morgan fingerprint density at radius 2 is 1.55 bits per heavy atom. The Morgan fingerprint density at radius 3 is 2.18 bits per heavy atom. The fraction of sp³-hybridized carbons (Fsp3) is 0.375. The minimum atomic E-state index is -0.379. The molecule has 2 heterocycles. The number of hydrogen-bond donors (Lipinski definition) is 0. The second-order valence-corrected chi connectivity index (χ2v) is 10.7. The molecule has 2 fully saturated rings. The van der Waals surface area contributed by atoms with Gasteiger partial charge in [0.15, 0.2) is 0 Å². The van der Waals surface area contributed by atoms with Crippen LogP contribution in [0.25, 0.3) is 11.1 Å². The molecule has 3 aromatic rings. The first-order chi connectivity index (χ1) is 18.5. The summed E-state index contributed by atoms with van der Waals surface area (Å²) < 4.78 is 25.2. The van der Waals surface area contributed by atoms with Gasteiger partial charge in [0.1, 0.15) is 24.0 Å². The minimum absolute atomic E-state index is 0.0125. The highest BCUT2D eigenvalue weighted by molar-refractivity contribution is 5.84. The highest BCUT2D eigenvalue weighted by atomic mass is 19.1. The number of carbonyl (C=O) groups is 2. The number of piperidine rings is 2. The van der Waals surface area contributed by atoms with Gasteiger partial charge in [-0.3, -0.25) is 4.79 Å². The largest absolute Gasteiger partial charge is 0.496 e. The van der Waals surface area contributed by atoms with E-state index in [9.17, 15) is 14.0 Å². The summed E-state index contributed by atoms with van der Waals surface area (Å²) in [5, 5.41) is 0. The maximum atomic E-state index is 13.8. The lowest BCUT2D eigenvalue weighted by Gasteiger charge is -2.47. The zero-order valence-electron chi connectivity index (χ0n) is 21.6. The molecule has 38 heavy (non-hydrogen) atoms. The third-order valence-electron chi connectivity index (χ3n) is 8.58. The number of methoxy groups -OCH3 is 1. The third kappa shape index (κ3) is 4.46. The summed E-state index contributed by atoms with van der Waals surface area (Å²) in [5.74, 6) is 0.0898. The third-order valence-corrected chi connectivity index (χ3v) is 8.58. The molecule has 6 rings (SSSR count). The van der Waals surface area contributed by atoms with Crippen molar-refractivity contribution in [2.75, 3.05) is 13.7 Å². The lowest BCUT2D eigenvalue weighted by Crippen LogP contribution is -2.56. The molecule has 5 nitrogen and oxygen atoms in total. The Morgan fingerprint density at radius 1 is 0.921 bits per heavy atom. The van der Waals surface area contributed by atoms with E-state index in [1.54, 1.807) is 6.07 Å². The van der Waals surface area contributed by atoms with Gasteiger partial charge < -0.3 is 14.4 Å². The van der Waals surface area contributed by atoms with Crippen LogP contribution >= 0.6 is 0 Å². The van der Waals surface area contributed by atoms with Crippen LogP contribution in [0.5, 0.6) is 5.75 Å². The van der Waals surface area contributed by atoms with E-state index in [0.29, 0.717) is 30.8 Å². The van der Waals surface area contributed by atoms with Crippen LogP contribution in [0.4, 0.5) is 9.18 Å². The minimum Gasteiger partial charge on any atom is -0.496 e. The molecule has 3 aromatic carbocycles. The van der Waals surface area contributed by atoms with E-state index in [-0.39, 0.29) is 48.0 Å². The number of hydrogen-bond acceptors (Lipinski definition) is 4. The molecule has 1 amide bonds. The maximum absolute atomic E-state index is 13.8. The first kappa shape index (κ1) is 24.7. The van der Waals surface area contributed by atoms with Gasteiger partial charge in [-0.25, -0.2) is 9.18 Å². The molecule has 2 saturated heterocycles. The quantitative estimate of drug-likeness (QED) is 0.376. The Bertz CT molecular complexity index is 1310. The molecular formula is C32H32FNO4. The average molecular weight is 514 g/mol. The molecule has 0 N–H and O–H groups in total. The van der Waals surface area contributed by atoms with E-state index in [2.05, 4.69) is 24.3 Å². The van der Waals surface area contributed by atoms with E-state index in [1.807, 2.05) is 29.2 Å². The number of Topliss-reactive ketones (excluding diaryl/α,β-unsaturated/α-hetero) is 1. The number of fused-ring (bicyclic) bond motifs is 5. The van der Waals surface area contributed by atoms with E-state index >= 15 is 0 Å². The SMILES string of the molecule is COc1ccc(F)cc1CC(=O)C1CC2CCCC(C1)N2C(=O)OCC1c2ccccc2-c2ccccc21. The summed E-state index contributed by atoms with van der Waals surface area (Å²) in [4.78, 5) is 28.6. The number of benzene rings is 3. The first-order valence-corrected chi connectivity index (χ1v) is 13.5. The van der Waals surface area contributed by atoms with E-state index in [0.717, 1.165) is 19.3 Å². The Labute approximate surface area is 222 Å². The van der Waals surface area contributed by atoms with E-state index in [4.69, 9.17) is 9.47 Å². The normalized spacial score (nSPS) is 21.9. The predicted octanol–water partition coefficient (Wildman–Crippen LogP) is 6.53. The molecule has 3 aliphatic rings. The molecule has 0 saturated carbocycles. The predicted molar refractivity (Wildman–Crippen MR) is 143 cm³/mol. The Hall–Kier alpha value is -3.67. The van der Waals surface area contributed by atoms with Crippen molar-refractivity contribution in [1.82, 2.24) is 4.90 Å². The zero-order chi connectivity index (χ0) is 26.2. The standard InChI is InChI=1S/C32H32FNO4/c1-37-31-14-13-22(33)15-21(31)18-30(35)20-16-23-7-6-8-24(17-20)34(23)32(36)38-19-29-27-11-4-2-9-25(27)26-10-3-5-12-28(26)29/h2-5,9-15,20,23-24,29H,6-8,16-19H2,1H3. The van der Waals surface area contributed by atoms with Gasteiger partial charge in [0.05, 0.1) is 7.11 Å². The summed E-state index contributed by atoms with van der Waals surface area (Å²) >= 11 is 0. The van der Waals surface area contributed by atoms with E-state index in [1.165, 1.54) is 41.5 Å². The summed E-state index contributed by atoms with van der Waals surface area (Å²) in [6.07, 6.45) is 3.88. The molecule has 0 aromatic heterocycles. The number of halogens is 1. The van der Waals surface area contributed by atoms with Gasteiger partial charge in [-0.15, -0.1) is 0 Å². The fourth-order valence-corrected chi connectivity index (χ4v) is 6.83. The maximum Gasteiger partial charge on any atom is 0.410 e. The van der Waals surface area contributed by atoms with Crippen molar-refractivity contribution in [2.24, 2.45) is 5.92 Å². The smallest absolute Gasteiger partial charge is 0.410 e. The number of carbonyl (C=O) groups excluding carboxylic acids is 2. The lowest BCUT2D eigenvalue weighted by atomic mass is 9.76. The molecule has 2 atom stereocenters. The highest BCUT2D eigenvalue weighted by Gasteiger charge is 2.44. The van der Waals surface area contributed by atoms with Gasteiger partial charge in [-0.05, 0) is 72.6 Å². The van der Waals surface area contributed by atoms with Gasteiger partial charge in [-0.1, -0.05) is 48.5 Å². The molecule has 1 aliphatic carbocycles. The van der Waals surface area contributed by atoms with E-state index < -0.39 is 0 Å². The fourth-order valence-electron chi connectivity index (χ4n) is 6.83. The number of rotatable bonds is 6. The zero-order valence-corrected chi connectivity index (χ0v) is 21.6. The summed E-state index contributed by atoms with van der Waals surface area (Å²) in [6.45, 7) is 0.296. The van der Waals surface area contributed by atoms with Crippen LogP contribution < -0.4 is 4.74 Å². The van der Waals surface area contributed by atoms with Crippen molar-refractivity contribution < 1.29 is 23.5 Å². The van der Waals surface area contributed by atoms with Gasteiger partial charge in [0.25, 0.3) is 0 Å². The summed E-state index contributed by atoms with van der Waals surface area (Å²) in [6, 6.07) is 20.9. The first-order valence-electron chi connectivity index (χ1n) is 13.5. The summed E-state index contributed by atoms with van der Waals surface area (Å²) in [5.41, 5.74) is 5.37. The second kappa shape index (κ2) is 10.2. The number of ketones is 1.